The summed E-state index contributed by atoms with van der Waals surface area (Å²) >= 11 is 0. The third-order valence-electron chi connectivity index (χ3n) is 5.39. The highest BCUT2D eigenvalue weighted by molar-refractivity contribution is 5.65. The number of carbonyl (C=O) groups excluding carboxylic acids is 1. The van der Waals surface area contributed by atoms with E-state index in [1.165, 1.54) is 18.1 Å². The SMILES string of the molecule is CC(=O)OOc1ccc(C2(c3ccc(-c4cn[nH]c4)cc3)CCNCC2)cc1. The van der Waals surface area contributed by atoms with Crippen LogP contribution < -0.4 is 10.2 Å². The highest BCUT2D eigenvalue weighted by Gasteiger charge is 2.35. The Balaban J connectivity index is 1.64. The molecule has 2 heterocycles. The fourth-order valence-corrected chi connectivity index (χ4v) is 3.92. The van der Waals surface area contributed by atoms with Gasteiger partial charge in [0.2, 0.25) is 0 Å². The molecule has 0 aliphatic carbocycles. The van der Waals surface area contributed by atoms with E-state index in [2.05, 4.69) is 56.8 Å². The molecular weight excluding hydrogens is 354 g/mol. The summed E-state index contributed by atoms with van der Waals surface area (Å²) in [6.07, 6.45) is 5.76. The Labute approximate surface area is 163 Å². The molecule has 1 aliphatic heterocycles. The molecule has 6 heteroatoms. The molecule has 0 radical (unpaired) electrons. The van der Waals surface area contributed by atoms with E-state index in [9.17, 15) is 4.79 Å². The van der Waals surface area contributed by atoms with Crippen LogP contribution in [-0.2, 0) is 15.1 Å². The molecule has 1 aliphatic rings. The van der Waals surface area contributed by atoms with E-state index >= 15 is 0 Å². The zero-order chi connectivity index (χ0) is 19.4. The van der Waals surface area contributed by atoms with Gasteiger partial charge in [0, 0.05) is 24.1 Å². The molecule has 0 amide bonds. The second-order valence-corrected chi connectivity index (χ2v) is 7.08. The smallest absolute Gasteiger partial charge is 0.317 e. The third kappa shape index (κ3) is 3.64. The monoisotopic (exact) mass is 377 g/mol. The van der Waals surface area contributed by atoms with E-state index in [-0.39, 0.29) is 5.41 Å². The first-order valence-electron chi connectivity index (χ1n) is 9.43. The molecule has 144 valence electrons. The van der Waals surface area contributed by atoms with Gasteiger partial charge in [-0.1, -0.05) is 36.4 Å². The van der Waals surface area contributed by atoms with Crippen molar-refractivity contribution in [2.75, 3.05) is 13.1 Å². The maximum Gasteiger partial charge on any atom is 0.352 e. The van der Waals surface area contributed by atoms with Gasteiger partial charge >= 0.3 is 5.97 Å². The number of piperidine rings is 1. The summed E-state index contributed by atoms with van der Waals surface area (Å²) in [5.41, 5.74) is 4.71. The van der Waals surface area contributed by atoms with Crippen molar-refractivity contribution in [1.29, 1.82) is 0 Å². The Kier molecular flexibility index (Phi) is 5.12. The van der Waals surface area contributed by atoms with Crippen LogP contribution in [0.25, 0.3) is 11.1 Å². The lowest BCUT2D eigenvalue weighted by molar-refractivity contribution is -0.210. The van der Waals surface area contributed by atoms with Gasteiger partial charge in [0.1, 0.15) is 0 Å². The maximum absolute atomic E-state index is 10.9. The van der Waals surface area contributed by atoms with Gasteiger partial charge in [-0.2, -0.15) is 5.10 Å². The predicted molar refractivity (Wildman–Crippen MR) is 106 cm³/mol. The summed E-state index contributed by atoms with van der Waals surface area (Å²) in [5, 5.41) is 10.4. The number of nitrogens with zero attached hydrogens (tertiary/aromatic N) is 1. The molecule has 3 aromatic rings. The summed E-state index contributed by atoms with van der Waals surface area (Å²) < 4.78 is 0. The number of H-pyrrole nitrogens is 1. The topological polar surface area (TPSA) is 76.2 Å². The minimum Gasteiger partial charge on any atom is -0.317 e. The molecule has 2 aromatic carbocycles. The van der Waals surface area contributed by atoms with Crippen LogP contribution in [0.3, 0.4) is 0 Å². The zero-order valence-corrected chi connectivity index (χ0v) is 15.8. The molecule has 0 spiro atoms. The molecule has 0 saturated carbocycles. The number of hydrogen-bond acceptors (Lipinski definition) is 5. The second-order valence-electron chi connectivity index (χ2n) is 7.08. The molecule has 28 heavy (non-hydrogen) atoms. The van der Waals surface area contributed by atoms with Crippen LogP contribution in [0, 0.1) is 0 Å². The first-order chi connectivity index (χ1) is 13.7. The number of aromatic amines is 1. The Morgan fingerprint density at radius 2 is 1.61 bits per heavy atom. The van der Waals surface area contributed by atoms with Crippen molar-refractivity contribution in [3.63, 3.8) is 0 Å². The van der Waals surface area contributed by atoms with Crippen LogP contribution in [0.1, 0.15) is 30.9 Å². The minimum absolute atomic E-state index is 0.0554. The van der Waals surface area contributed by atoms with Gasteiger partial charge < -0.3 is 5.32 Å². The fraction of sp³-hybridized carbons (Fsp3) is 0.273. The molecule has 4 rings (SSSR count). The lowest BCUT2D eigenvalue weighted by Crippen LogP contribution is -2.40. The first kappa shape index (κ1) is 18.3. The van der Waals surface area contributed by atoms with E-state index in [0.717, 1.165) is 37.1 Å². The Morgan fingerprint density at radius 3 is 2.18 bits per heavy atom. The van der Waals surface area contributed by atoms with Gasteiger partial charge in [-0.3, -0.25) is 14.9 Å². The Bertz CT molecular complexity index is 913. The predicted octanol–water partition coefficient (Wildman–Crippen LogP) is 3.60. The molecular formula is C22H23N3O3. The van der Waals surface area contributed by atoms with Crippen LogP contribution in [0.2, 0.25) is 0 Å². The van der Waals surface area contributed by atoms with Crippen LogP contribution in [0.4, 0.5) is 0 Å². The normalized spacial score (nSPS) is 15.8. The van der Waals surface area contributed by atoms with Crippen LogP contribution >= 0.6 is 0 Å². The molecule has 0 atom stereocenters. The van der Waals surface area contributed by atoms with Gasteiger partial charge in [-0.25, -0.2) is 4.79 Å². The molecule has 6 nitrogen and oxygen atoms in total. The van der Waals surface area contributed by atoms with Gasteiger partial charge in [-0.05, 0) is 54.8 Å². The lowest BCUT2D eigenvalue weighted by atomic mass is 9.68. The highest BCUT2D eigenvalue weighted by Crippen LogP contribution is 2.41. The summed E-state index contributed by atoms with van der Waals surface area (Å²) in [4.78, 5) is 20.6. The summed E-state index contributed by atoms with van der Waals surface area (Å²) in [6, 6.07) is 16.6. The molecule has 0 unspecified atom stereocenters. The van der Waals surface area contributed by atoms with Crippen molar-refractivity contribution >= 4 is 5.97 Å². The average Bonchev–Trinajstić information content (AvgIpc) is 3.28. The van der Waals surface area contributed by atoms with E-state index in [1.807, 2.05) is 24.5 Å². The van der Waals surface area contributed by atoms with E-state index in [4.69, 9.17) is 4.89 Å². The number of nitrogens with one attached hydrogen (secondary N) is 2. The van der Waals surface area contributed by atoms with Crippen LogP contribution in [0.5, 0.6) is 5.75 Å². The first-order valence-corrected chi connectivity index (χ1v) is 9.43. The van der Waals surface area contributed by atoms with E-state index in [1.54, 1.807) is 0 Å². The number of hydrogen-bond donors (Lipinski definition) is 2. The Hall–Kier alpha value is -3.12. The molecule has 1 fully saturated rings. The third-order valence-corrected chi connectivity index (χ3v) is 5.39. The van der Waals surface area contributed by atoms with Crippen LogP contribution in [-0.4, -0.2) is 29.3 Å². The largest absolute Gasteiger partial charge is 0.352 e. The van der Waals surface area contributed by atoms with Gasteiger partial charge in [-0.15, -0.1) is 0 Å². The summed E-state index contributed by atoms with van der Waals surface area (Å²) in [6.45, 7) is 3.25. The van der Waals surface area contributed by atoms with Gasteiger partial charge in [0.15, 0.2) is 5.75 Å². The van der Waals surface area contributed by atoms with E-state index in [0.29, 0.717) is 5.75 Å². The quantitative estimate of drug-likeness (QED) is 0.525. The number of carbonyl (C=O) groups is 1. The second kappa shape index (κ2) is 7.86. The molecule has 2 N–H and O–H groups in total. The van der Waals surface area contributed by atoms with E-state index < -0.39 is 5.97 Å². The minimum atomic E-state index is -0.475. The fourth-order valence-electron chi connectivity index (χ4n) is 3.92. The van der Waals surface area contributed by atoms with Crippen molar-refractivity contribution in [3.8, 4) is 16.9 Å². The number of benzene rings is 2. The number of rotatable bonds is 5. The van der Waals surface area contributed by atoms with Crippen molar-refractivity contribution < 1.29 is 14.6 Å². The zero-order valence-electron chi connectivity index (χ0n) is 15.8. The molecule has 1 saturated heterocycles. The van der Waals surface area contributed by atoms with Crippen LogP contribution in [0.15, 0.2) is 60.9 Å². The van der Waals surface area contributed by atoms with Crippen molar-refractivity contribution in [3.05, 3.63) is 72.1 Å². The highest BCUT2D eigenvalue weighted by atomic mass is 17.2. The Morgan fingerprint density at radius 1 is 0.964 bits per heavy atom. The maximum atomic E-state index is 10.9. The number of aromatic nitrogens is 2. The summed E-state index contributed by atoms with van der Waals surface area (Å²) in [5.74, 6) is 0.0370. The van der Waals surface area contributed by atoms with Gasteiger partial charge in [0.05, 0.1) is 6.20 Å². The van der Waals surface area contributed by atoms with Crippen molar-refractivity contribution in [2.24, 2.45) is 0 Å². The molecule has 1 aromatic heterocycles. The lowest BCUT2D eigenvalue weighted by Gasteiger charge is -2.39. The average molecular weight is 377 g/mol. The van der Waals surface area contributed by atoms with Crippen molar-refractivity contribution in [2.45, 2.75) is 25.2 Å². The standard InChI is InChI=1S/C22H23N3O3/c1-16(26)27-28-21-8-6-20(7-9-21)22(10-12-23-13-11-22)19-4-2-17(3-5-19)18-14-24-25-15-18/h2-9,14-15,23H,10-13H2,1H3,(H,24,25). The molecule has 0 bridgehead atoms. The summed E-state index contributed by atoms with van der Waals surface area (Å²) in [7, 11) is 0. The van der Waals surface area contributed by atoms with Crippen molar-refractivity contribution in [1.82, 2.24) is 15.5 Å². The van der Waals surface area contributed by atoms with Gasteiger partial charge in [0.25, 0.3) is 0 Å².